The van der Waals surface area contributed by atoms with Gasteiger partial charge in [0.2, 0.25) is 0 Å². The Morgan fingerprint density at radius 1 is 1.24 bits per heavy atom. The minimum atomic E-state index is 0.178. The van der Waals surface area contributed by atoms with Gasteiger partial charge in [0.15, 0.2) is 23.7 Å². The molecule has 0 fully saturated rings. The average Bonchev–Trinajstić information content (AvgIpc) is 3.18. The predicted octanol–water partition coefficient (Wildman–Crippen LogP) is 2.71. The van der Waals surface area contributed by atoms with E-state index < -0.39 is 0 Å². The van der Waals surface area contributed by atoms with Gasteiger partial charge in [-0.25, -0.2) is 14.5 Å². The van der Waals surface area contributed by atoms with E-state index in [0.29, 0.717) is 11.5 Å². The molecule has 8 nitrogen and oxygen atoms in total. The van der Waals surface area contributed by atoms with Crippen LogP contribution in [0.2, 0.25) is 0 Å². The molecule has 0 N–H and O–H groups in total. The molecule has 0 saturated heterocycles. The third-order valence-electron chi connectivity index (χ3n) is 3.77. The van der Waals surface area contributed by atoms with E-state index in [-0.39, 0.29) is 6.61 Å². The topological polar surface area (TPSA) is 82.5 Å². The summed E-state index contributed by atoms with van der Waals surface area (Å²) in [6.45, 7) is 2.07. The zero-order valence-corrected chi connectivity index (χ0v) is 15.2. The van der Waals surface area contributed by atoms with E-state index in [9.17, 15) is 0 Å². The van der Waals surface area contributed by atoms with Gasteiger partial charge in [-0.3, -0.25) is 4.68 Å². The van der Waals surface area contributed by atoms with Crippen molar-refractivity contribution in [2.75, 3.05) is 0 Å². The van der Waals surface area contributed by atoms with Gasteiger partial charge >= 0.3 is 0 Å². The SMILES string of the molecule is CC(=NOCc1nc2c3cnn(C)c3ncn2n1)c1ccc(Br)cc1. The van der Waals surface area contributed by atoms with E-state index in [4.69, 9.17) is 4.84 Å². The number of aryl methyl sites for hydroxylation is 1. The second-order valence-electron chi connectivity index (χ2n) is 5.50. The van der Waals surface area contributed by atoms with Gasteiger partial charge in [-0.15, -0.1) is 5.10 Å². The van der Waals surface area contributed by atoms with Crippen LogP contribution in [0.5, 0.6) is 0 Å². The molecule has 3 heterocycles. The van der Waals surface area contributed by atoms with Crippen molar-refractivity contribution in [3.63, 3.8) is 0 Å². The van der Waals surface area contributed by atoms with E-state index in [0.717, 1.165) is 26.8 Å². The van der Waals surface area contributed by atoms with E-state index in [1.807, 2.05) is 38.2 Å². The summed E-state index contributed by atoms with van der Waals surface area (Å²) in [7, 11) is 1.84. The molecule has 0 bridgehead atoms. The quantitative estimate of drug-likeness (QED) is 0.389. The fraction of sp³-hybridized carbons (Fsp3) is 0.188. The largest absolute Gasteiger partial charge is 0.387 e. The van der Waals surface area contributed by atoms with Crippen LogP contribution in [0.3, 0.4) is 0 Å². The predicted molar refractivity (Wildman–Crippen MR) is 96.2 cm³/mol. The second kappa shape index (κ2) is 6.25. The van der Waals surface area contributed by atoms with Gasteiger partial charge in [0.05, 0.1) is 17.3 Å². The summed E-state index contributed by atoms with van der Waals surface area (Å²) in [5, 5.41) is 13.5. The summed E-state index contributed by atoms with van der Waals surface area (Å²) in [6.07, 6.45) is 3.35. The number of fused-ring (bicyclic) bond motifs is 3. The molecule has 4 aromatic rings. The Morgan fingerprint density at radius 2 is 2.04 bits per heavy atom. The molecule has 126 valence electrons. The fourth-order valence-electron chi connectivity index (χ4n) is 2.47. The first-order valence-electron chi connectivity index (χ1n) is 7.56. The zero-order valence-electron chi connectivity index (χ0n) is 13.6. The zero-order chi connectivity index (χ0) is 17.4. The Balaban J connectivity index is 1.54. The van der Waals surface area contributed by atoms with Gasteiger partial charge in [0.1, 0.15) is 6.33 Å². The lowest BCUT2D eigenvalue weighted by molar-refractivity contribution is 0.125. The molecule has 25 heavy (non-hydrogen) atoms. The van der Waals surface area contributed by atoms with Crippen molar-refractivity contribution in [2.45, 2.75) is 13.5 Å². The molecule has 0 spiro atoms. The Hall–Kier alpha value is -2.81. The number of hydrogen-bond acceptors (Lipinski definition) is 6. The lowest BCUT2D eigenvalue weighted by atomic mass is 10.1. The number of rotatable bonds is 4. The number of hydrogen-bond donors (Lipinski definition) is 0. The molecule has 0 unspecified atom stereocenters. The van der Waals surface area contributed by atoms with Crippen molar-refractivity contribution in [1.82, 2.24) is 29.4 Å². The highest BCUT2D eigenvalue weighted by Gasteiger charge is 2.11. The second-order valence-corrected chi connectivity index (χ2v) is 6.42. The van der Waals surface area contributed by atoms with Crippen molar-refractivity contribution >= 4 is 38.3 Å². The van der Waals surface area contributed by atoms with Crippen molar-refractivity contribution in [3.05, 3.63) is 52.7 Å². The van der Waals surface area contributed by atoms with Gasteiger partial charge in [0.25, 0.3) is 0 Å². The highest BCUT2D eigenvalue weighted by molar-refractivity contribution is 9.10. The monoisotopic (exact) mass is 399 g/mol. The molecule has 9 heteroatoms. The maximum absolute atomic E-state index is 5.41. The molecule has 0 aliphatic heterocycles. The Kier molecular flexibility index (Phi) is 3.92. The lowest BCUT2D eigenvalue weighted by Gasteiger charge is -2.01. The minimum Gasteiger partial charge on any atom is -0.387 e. The number of benzene rings is 1. The Labute approximate surface area is 151 Å². The Bertz CT molecular complexity index is 1080. The summed E-state index contributed by atoms with van der Waals surface area (Å²) in [4.78, 5) is 14.2. The molecule has 0 amide bonds. The van der Waals surface area contributed by atoms with E-state index >= 15 is 0 Å². The molecular formula is C16H14BrN7O. The normalized spacial score (nSPS) is 12.2. The maximum Gasteiger partial charge on any atom is 0.192 e. The van der Waals surface area contributed by atoms with Crippen molar-refractivity contribution in [3.8, 4) is 0 Å². The summed E-state index contributed by atoms with van der Waals surface area (Å²) in [6, 6.07) is 7.87. The van der Waals surface area contributed by atoms with Crippen molar-refractivity contribution < 1.29 is 4.84 Å². The van der Waals surface area contributed by atoms with Crippen molar-refractivity contribution in [2.24, 2.45) is 12.2 Å². The summed E-state index contributed by atoms with van der Waals surface area (Å²) < 4.78 is 4.34. The summed E-state index contributed by atoms with van der Waals surface area (Å²) in [5.74, 6) is 0.533. The first kappa shape index (κ1) is 15.7. The average molecular weight is 400 g/mol. The molecule has 4 rings (SSSR count). The molecular weight excluding hydrogens is 386 g/mol. The maximum atomic E-state index is 5.41. The van der Waals surface area contributed by atoms with Crippen molar-refractivity contribution in [1.29, 1.82) is 0 Å². The number of halogens is 1. The molecule has 0 aliphatic rings. The van der Waals surface area contributed by atoms with Crippen LogP contribution in [-0.2, 0) is 18.5 Å². The number of aromatic nitrogens is 6. The van der Waals surface area contributed by atoms with Gasteiger partial charge in [0, 0.05) is 11.5 Å². The minimum absolute atomic E-state index is 0.178. The summed E-state index contributed by atoms with van der Waals surface area (Å²) in [5.41, 5.74) is 3.24. The first-order chi connectivity index (χ1) is 12.1. The van der Waals surface area contributed by atoms with Gasteiger partial charge in [-0.1, -0.05) is 33.2 Å². The molecule has 0 atom stereocenters. The molecule has 0 radical (unpaired) electrons. The van der Waals surface area contributed by atoms with E-state index in [1.165, 1.54) is 0 Å². The third kappa shape index (κ3) is 2.98. The molecule has 0 aliphatic carbocycles. The lowest BCUT2D eigenvalue weighted by Crippen LogP contribution is -1.98. The van der Waals surface area contributed by atoms with Crippen LogP contribution in [-0.4, -0.2) is 35.1 Å². The smallest absolute Gasteiger partial charge is 0.192 e. The van der Waals surface area contributed by atoms with E-state index in [2.05, 4.69) is 41.3 Å². The van der Waals surface area contributed by atoms with Crippen LogP contribution < -0.4 is 0 Å². The van der Waals surface area contributed by atoms with Crippen LogP contribution in [0.15, 0.2) is 46.4 Å². The molecule has 1 aromatic carbocycles. The molecule has 0 saturated carbocycles. The van der Waals surface area contributed by atoms with Crippen LogP contribution in [0.1, 0.15) is 18.3 Å². The standard InChI is InChI=1S/C16H14BrN7O/c1-10(11-3-5-12(17)6-4-11)22-25-8-14-20-16-13-7-19-23(2)15(13)18-9-24(16)21-14/h3-7,9H,8H2,1-2H3. The molecule has 3 aromatic heterocycles. The van der Waals surface area contributed by atoms with Crippen LogP contribution in [0.4, 0.5) is 0 Å². The van der Waals surface area contributed by atoms with Gasteiger partial charge in [-0.05, 0) is 24.6 Å². The van der Waals surface area contributed by atoms with E-state index in [1.54, 1.807) is 21.7 Å². The number of oxime groups is 1. The first-order valence-corrected chi connectivity index (χ1v) is 8.35. The van der Waals surface area contributed by atoms with Gasteiger partial charge < -0.3 is 4.84 Å². The third-order valence-corrected chi connectivity index (χ3v) is 4.30. The van der Waals surface area contributed by atoms with Gasteiger partial charge in [-0.2, -0.15) is 5.10 Å². The number of nitrogens with zero attached hydrogens (tertiary/aromatic N) is 7. The fourth-order valence-corrected chi connectivity index (χ4v) is 2.74. The highest BCUT2D eigenvalue weighted by atomic mass is 79.9. The Morgan fingerprint density at radius 3 is 2.84 bits per heavy atom. The van der Waals surface area contributed by atoms with Crippen LogP contribution in [0.25, 0.3) is 16.7 Å². The highest BCUT2D eigenvalue weighted by Crippen LogP contribution is 2.15. The van der Waals surface area contributed by atoms with Crippen LogP contribution in [0, 0.1) is 0 Å². The summed E-state index contributed by atoms with van der Waals surface area (Å²) >= 11 is 3.41. The van der Waals surface area contributed by atoms with Crippen LogP contribution >= 0.6 is 15.9 Å².